The number of allylic oxidation sites excluding steroid dienone is 2. The highest BCUT2D eigenvalue weighted by atomic mass is 16.1. The van der Waals surface area contributed by atoms with Crippen LogP contribution in [0.1, 0.15) is 117 Å². The lowest BCUT2D eigenvalue weighted by atomic mass is 10.0. The second-order valence-electron chi connectivity index (χ2n) is 9.38. The summed E-state index contributed by atoms with van der Waals surface area (Å²) in [6.07, 6.45) is 24.9. The van der Waals surface area contributed by atoms with Gasteiger partial charge in [-0.3, -0.25) is 9.28 Å². The van der Waals surface area contributed by atoms with Gasteiger partial charge in [-0.05, 0) is 32.6 Å². The number of carbonyl (C=O) groups excluding carboxylic acids is 1. The van der Waals surface area contributed by atoms with E-state index >= 15 is 0 Å². The van der Waals surface area contributed by atoms with Crippen molar-refractivity contribution >= 4 is 11.7 Å². The van der Waals surface area contributed by atoms with E-state index in [0.29, 0.717) is 0 Å². The van der Waals surface area contributed by atoms with E-state index in [0.717, 1.165) is 43.6 Å². The minimum absolute atomic E-state index is 0.0715. The molecule has 0 aromatic rings. The minimum Gasteiger partial charge on any atom is -0.351 e. The molecule has 0 radical (unpaired) electrons. The Morgan fingerprint density at radius 2 is 1.48 bits per heavy atom. The molecule has 0 fully saturated rings. The van der Waals surface area contributed by atoms with E-state index < -0.39 is 0 Å². The number of likely N-dealkylation sites (N-methyl/N-ethyl adjacent to an activating group) is 1. The van der Waals surface area contributed by atoms with E-state index in [2.05, 4.69) is 31.3 Å². The van der Waals surface area contributed by atoms with Crippen molar-refractivity contribution in [2.45, 2.75) is 117 Å². The van der Waals surface area contributed by atoms with Crippen LogP contribution < -0.4 is 5.32 Å². The fourth-order valence-electron chi connectivity index (χ4n) is 4.69. The van der Waals surface area contributed by atoms with Crippen LogP contribution >= 0.6 is 0 Å². The summed E-state index contributed by atoms with van der Waals surface area (Å²) in [5.41, 5.74) is 0. The summed E-state index contributed by atoms with van der Waals surface area (Å²) in [6, 6.07) is 0. The van der Waals surface area contributed by atoms with E-state index in [1.165, 1.54) is 95.7 Å². The van der Waals surface area contributed by atoms with Crippen LogP contribution in [0.5, 0.6) is 0 Å². The van der Waals surface area contributed by atoms with Crippen molar-refractivity contribution in [3.05, 3.63) is 12.2 Å². The normalized spacial score (nSPS) is 18.6. The standard InChI is InChI=1S/C27H51N3O/c1-4-6-7-8-9-10-11-12-13-14-15-16-17-18-19-20-21-27-29-23-25-30(27,5-2)24-22-28-26(3)31/h7-8H,4-6,9-25H2,1-3H3/p+1/b8-7+. The van der Waals surface area contributed by atoms with Crippen molar-refractivity contribution < 1.29 is 9.28 Å². The maximum atomic E-state index is 11.2. The van der Waals surface area contributed by atoms with Gasteiger partial charge in [0.25, 0.3) is 0 Å². The fourth-order valence-corrected chi connectivity index (χ4v) is 4.69. The molecule has 0 spiro atoms. The van der Waals surface area contributed by atoms with E-state index in [-0.39, 0.29) is 5.91 Å². The molecule has 1 atom stereocenters. The Balaban J connectivity index is 1.97. The lowest BCUT2D eigenvalue weighted by Gasteiger charge is -2.33. The third-order valence-corrected chi connectivity index (χ3v) is 6.78. The summed E-state index contributed by atoms with van der Waals surface area (Å²) >= 11 is 0. The average molecular weight is 435 g/mol. The Bertz CT molecular complexity index is 515. The molecular formula is C27H52N3O+. The number of hydrogen-bond acceptors (Lipinski definition) is 2. The first-order valence-electron chi connectivity index (χ1n) is 13.4. The molecule has 1 rings (SSSR count). The van der Waals surface area contributed by atoms with Crippen LogP contribution in [0.25, 0.3) is 0 Å². The van der Waals surface area contributed by atoms with Crippen LogP contribution in [-0.4, -0.2) is 48.9 Å². The SMILES string of the molecule is CCC/C=C/CCCCCCCCCCCCCC1=NCC[N+]1(CC)CCNC(C)=O. The van der Waals surface area contributed by atoms with Crippen molar-refractivity contribution in [1.82, 2.24) is 5.32 Å². The van der Waals surface area contributed by atoms with Crippen molar-refractivity contribution in [3.63, 3.8) is 0 Å². The largest absolute Gasteiger partial charge is 0.351 e. The molecule has 0 aromatic carbocycles. The highest BCUT2D eigenvalue weighted by Gasteiger charge is 2.35. The molecule has 0 aromatic heterocycles. The summed E-state index contributed by atoms with van der Waals surface area (Å²) in [5, 5.41) is 2.96. The van der Waals surface area contributed by atoms with E-state index in [1.807, 2.05) is 0 Å². The summed E-state index contributed by atoms with van der Waals surface area (Å²) in [4.78, 5) is 16.0. The fraction of sp³-hybridized carbons (Fsp3) is 0.852. The number of rotatable bonds is 20. The molecule has 0 saturated heterocycles. The van der Waals surface area contributed by atoms with Crippen LogP contribution in [-0.2, 0) is 4.79 Å². The van der Waals surface area contributed by atoms with E-state index in [4.69, 9.17) is 4.99 Å². The first kappa shape index (κ1) is 27.9. The molecule has 4 heteroatoms. The van der Waals surface area contributed by atoms with Crippen LogP contribution in [0.4, 0.5) is 0 Å². The maximum Gasteiger partial charge on any atom is 0.217 e. The molecule has 1 N–H and O–H groups in total. The summed E-state index contributed by atoms with van der Waals surface area (Å²) in [7, 11) is 0. The number of unbranched alkanes of at least 4 members (excludes halogenated alkanes) is 12. The molecule has 0 bridgehead atoms. The number of aliphatic imine (C=N–C) groups is 1. The number of amidine groups is 1. The number of nitrogens with one attached hydrogen (secondary N) is 1. The smallest absolute Gasteiger partial charge is 0.217 e. The third-order valence-electron chi connectivity index (χ3n) is 6.78. The molecule has 4 nitrogen and oxygen atoms in total. The number of amides is 1. The van der Waals surface area contributed by atoms with Crippen molar-refractivity contribution in [3.8, 4) is 0 Å². The van der Waals surface area contributed by atoms with Gasteiger partial charge in [0.2, 0.25) is 5.91 Å². The lowest BCUT2D eigenvalue weighted by Crippen LogP contribution is -2.54. The van der Waals surface area contributed by atoms with Gasteiger partial charge in [0.05, 0.1) is 19.6 Å². The Hall–Kier alpha value is -1.16. The Kier molecular flexibility index (Phi) is 16.6. The zero-order chi connectivity index (χ0) is 22.6. The van der Waals surface area contributed by atoms with Crippen molar-refractivity contribution in [2.24, 2.45) is 4.99 Å². The summed E-state index contributed by atoms with van der Waals surface area (Å²) in [6.45, 7) is 11.0. The molecule has 1 aliphatic heterocycles. The first-order chi connectivity index (χ1) is 15.1. The zero-order valence-corrected chi connectivity index (χ0v) is 21.1. The minimum atomic E-state index is 0.0715. The van der Waals surface area contributed by atoms with Crippen molar-refractivity contribution in [1.29, 1.82) is 0 Å². The average Bonchev–Trinajstić information content (AvgIpc) is 3.16. The molecule has 1 unspecified atom stereocenters. The van der Waals surface area contributed by atoms with E-state index in [1.54, 1.807) is 6.92 Å². The van der Waals surface area contributed by atoms with Gasteiger partial charge in [-0.25, -0.2) is 4.99 Å². The van der Waals surface area contributed by atoms with Crippen LogP contribution in [0, 0.1) is 0 Å². The van der Waals surface area contributed by atoms with Gasteiger partial charge < -0.3 is 5.32 Å². The van der Waals surface area contributed by atoms with Crippen LogP contribution in [0.2, 0.25) is 0 Å². The molecule has 1 amide bonds. The summed E-state index contributed by atoms with van der Waals surface area (Å²) in [5.74, 6) is 1.45. The zero-order valence-electron chi connectivity index (χ0n) is 21.1. The number of quaternary nitrogens is 1. The van der Waals surface area contributed by atoms with Gasteiger partial charge in [-0.15, -0.1) is 0 Å². The number of hydrogen-bond donors (Lipinski definition) is 1. The molecule has 1 aliphatic rings. The monoisotopic (exact) mass is 434 g/mol. The van der Waals surface area contributed by atoms with Crippen LogP contribution in [0.15, 0.2) is 17.1 Å². The number of carbonyl (C=O) groups is 1. The molecule has 0 aliphatic carbocycles. The van der Waals surface area contributed by atoms with Gasteiger partial charge >= 0.3 is 0 Å². The molecule has 1 heterocycles. The Morgan fingerprint density at radius 3 is 2.06 bits per heavy atom. The van der Waals surface area contributed by atoms with Gasteiger partial charge in [0.15, 0.2) is 5.84 Å². The highest BCUT2D eigenvalue weighted by Crippen LogP contribution is 2.20. The third kappa shape index (κ3) is 13.1. The molecule has 0 saturated carbocycles. The van der Waals surface area contributed by atoms with Gasteiger partial charge in [-0.2, -0.15) is 0 Å². The predicted molar refractivity (Wildman–Crippen MR) is 136 cm³/mol. The summed E-state index contributed by atoms with van der Waals surface area (Å²) < 4.78 is 0.995. The predicted octanol–water partition coefficient (Wildman–Crippen LogP) is 6.80. The molecular weight excluding hydrogens is 382 g/mol. The highest BCUT2D eigenvalue weighted by molar-refractivity contribution is 5.77. The topological polar surface area (TPSA) is 41.5 Å². The van der Waals surface area contributed by atoms with Gasteiger partial charge in [0, 0.05) is 13.3 Å². The second-order valence-corrected chi connectivity index (χ2v) is 9.38. The molecule has 31 heavy (non-hydrogen) atoms. The quantitative estimate of drug-likeness (QED) is 0.128. The Labute approximate surface area is 193 Å². The van der Waals surface area contributed by atoms with E-state index in [9.17, 15) is 4.79 Å². The molecule has 180 valence electrons. The second kappa shape index (κ2) is 18.4. The van der Waals surface area contributed by atoms with Gasteiger partial charge in [0.1, 0.15) is 13.1 Å². The van der Waals surface area contributed by atoms with Crippen LogP contribution in [0.3, 0.4) is 0 Å². The Morgan fingerprint density at radius 1 is 0.903 bits per heavy atom. The van der Waals surface area contributed by atoms with Gasteiger partial charge in [-0.1, -0.05) is 83.3 Å². The number of nitrogens with zero attached hydrogens (tertiary/aromatic N) is 2. The first-order valence-corrected chi connectivity index (χ1v) is 13.4. The lowest BCUT2D eigenvalue weighted by molar-refractivity contribution is -0.833. The van der Waals surface area contributed by atoms with Crippen molar-refractivity contribution in [2.75, 3.05) is 32.7 Å². The maximum absolute atomic E-state index is 11.2.